The summed E-state index contributed by atoms with van der Waals surface area (Å²) in [6.45, 7) is 3.27. The third-order valence-corrected chi connectivity index (χ3v) is 10.7. The van der Waals surface area contributed by atoms with E-state index in [1.54, 1.807) is 6.92 Å². The number of rotatable bonds is 9. The second-order valence-corrected chi connectivity index (χ2v) is 14.7. The van der Waals surface area contributed by atoms with Gasteiger partial charge in [-0.05, 0) is 73.7 Å². The molecule has 14 heteroatoms. The third kappa shape index (κ3) is 7.65. The number of aliphatic hydroxyl groups is 1. The zero-order chi connectivity index (χ0) is 31.5. The van der Waals surface area contributed by atoms with Crippen LogP contribution < -0.4 is 9.46 Å². The lowest BCUT2D eigenvalue weighted by Gasteiger charge is -2.33. The molecule has 3 atom stereocenters. The Hall–Kier alpha value is -3.23. The molecule has 0 fully saturated rings. The summed E-state index contributed by atoms with van der Waals surface area (Å²) in [5, 5.41) is 10.2. The number of carbonyl (C=O) groups excluding carboxylic acids is 1. The average Bonchev–Trinajstić information content (AvgIpc) is 3.00. The van der Waals surface area contributed by atoms with E-state index < -0.39 is 43.9 Å². The van der Waals surface area contributed by atoms with Crippen LogP contribution in [0.15, 0.2) is 76.5 Å². The van der Waals surface area contributed by atoms with Crippen LogP contribution in [0.25, 0.3) is 0 Å². The first kappa shape index (κ1) is 32.7. The molecule has 0 saturated carbocycles. The number of nitrogens with one attached hydrogen (secondary N) is 1. The Kier molecular flexibility index (Phi) is 10.0. The van der Waals surface area contributed by atoms with E-state index in [4.69, 9.17) is 16.3 Å². The monoisotopic (exact) mass is 653 g/mol. The Morgan fingerprint density at radius 2 is 1.70 bits per heavy atom. The van der Waals surface area contributed by atoms with Crippen molar-refractivity contribution in [3.8, 4) is 5.75 Å². The largest absolute Gasteiger partial charge is 0.488 e. The standard InChI is InChI=1S/C29H33ClFN3O7S2/c1-19-16-34(20(2)18-35)29(36)15-21-14-24(32-42(37,38)25-9-4-22(30)5-10-25)8-13-27(21)41-28(19)17-33(3)43(39,40)26-11-6-23(31)7-12-26/h4-14,19-20,28,32,35H,15-18H2,1-3H3/t19-,20+,28-/m1/s1. The minimum Gasteiger partial charge on any atom is -0.488 e. The van der Waals surface area contributed by atoms with Crippen LogP contribution in [0.1, 0.15) is 19.4 Å². The Balaban J connectivity index is 1.68. The molecule has 43 heavy (non-hydrogen) atoms. The van der Waals surface area contributed by atoms with Crippen molar-refractivity contribution in [1.82, 2.24) is 9.21 Å². The highest BCUT2D eigenvalue weighted by molar-refractivity contribution is 7.92. The number of hydrogen-bond donors (Lipinski definition) is 2. The second kappa shape index (κ2) is 13.2. The number of halogens is 2. The van der Waals surface area contributed by atoms with E-state index in [-0.39, 0.29) is 53.3 Å². The topological polar surface area (TPSA) is 133 Å². The quantitative estimate of drug-likeness (QED) is 0.359. The molecule has 3 aromatic rings. The summed E-state index contributed by atoms with van der Waals surface area (Å²) < 4.78 is 75.8. The number of amides is 1. The van der Waals surface area contributed by atoms with Gasteiger partial charge in [0.25, 0.3) is 10.0 Å². The molecule has 1 aliphatic heterocycles. The fraction of sp³-hybridized carbons (Fsp3) is 0.345. The number of hydrogen-bond acceptors (Lipinski definition) is 7. The normalized spacial score (nSPS) is 18.7. The lowest BCUT2D eigenvalue weighted by atomic mass is 10.0. The number of fused-ring (bicyclic) bond motifs is 1. The number of sulfonamides is 2. The van der Waals surface area contributed by atoms with Crippen molar-refractivity contribution in [1.29, 1.82) is 0 Å². The van der Waals surface area contributed by atoms with Crippen molar-refractivity contribution in [3.05, 3.63) is 83.1 Å². The van der Waals surface area contributed by atoms with E-state index in [2.05, 4.69) is 4.72 Å². The maximum Gasteiger partial charge on any atom is 0.261 e. The maximum absolute atomic E-state index is 13.5. The van der Waals surface area contributed by atoms with Crippen LogP contribution in [0.3, 0.4) is 0 Å². The third-order valence-electron chi connectivity index (χ3n) is 7.25. The Morgan fingerprint density at radius 3 is 2.33 bits per heavy atom. The summed E-state index contributed by atoms with van der Waals surface area (Å²) in [5.74, 6) is -0.989. The molecule has 1 aliphatic rings. The van der Waals surface area contributed by atoms with Crippen LogP contribution in [0.2, 0.25) is 5.02 Å². The summed E-state index contributed by atoms with van der Waals surface area (Å²) in [5.41, 5.74) is 0.561. The lowest BCUT2D eigenvalue weighted by molar-refractivity contribution is -0.134. The summed E-state index contributed by atoms with van der Waals surface area (Å²) in [4.78, 5) is 14.9. The van der Waals surface area contributed by atoms with Crippen molar-refractivity contribution in [3.63, 3.8) is 0 Å². The van der Waals surface area contributed by atoms with Crippen LogP contribution >= 0.6 is 11.6 Å². The molecular formula is C29H33ClFN3O7S2. The number of likely N-dealkylation sites (N-methyl/N-ethyl adjacent to an activating group) is 1. The fourth-order valence-electron chi connectivity index (χ4n) is 4.68. The predicted molar refractivity (Wildman–Crippen MR) is 160 cm³/mol. The summed E-state index contributed by atoms with van der Waals surface area (Å²) in [6.07, 6.45) is -0.908. The Labute approximate surface area is 256 Å². The zero-order valence-corrected chi connectivity index (χ0v) is 26.2. The molecule has 10 nitrogen and oxygen atoms in total. The van der Waals surface area contributed by atoms with E-state index in [9.17, 15) is 31.1 Å². The number of anilines is 1. The Morgan fingerprint density at radius 1 is 1.07 bits per heavy atom. The highest BCUT2D eigenvalue weighted by Gasteiger charge is 2.33. The average molecular weight is 654 g/mol. The minimum absolute atomic E-state index is 0.00463. The molecule has 3 aromatic carbocycles. The van der Waals surface area contributed by atoms with Crippen molar-refractivity contribution < 1.29 is 35.9 Å². The van der Waals surface area contributed by atoms with E-state index >= 15 is 0 Å². The molecule has 0 bridgehead atoms. The molecule has 0 unspecified atom stereocenters. The van der Waals surface area contributed by atoms with Gasteiger partial charge >= 0.3 is 0 Å². The van der Waals surface area contributed by atoms with Crippen molar-refractivity contribution in [2.24, 2.45) is 5.92 Å². The van der Waals surface area contributed by atoms with Gasteiger partial charge in [0.05, 0.1) is 35.4 Å². The molecule has 0 aliphatic carbocycles. The first-order valence-corrected chi connectivity index (χ1v) is 16.7. The molecule has 0 spiro atoms. The van der Waals surface area contributed by atoms with E-state index in [1.165, 1.54) is 66.5 Å². The number of ether oxygens (including phenoxy) is 1. The first-order valence-electron chi connectivity index (χ1n) is 13.4. The van der Waals surface area contributed by atoms with Crippen molar-refractivity contribution >= 4 is 43.2 Å². The van der Waals surface area contributed by atoms with Gasteiger partial charge in [-0.2, -0.15) is 4.31 Å². The molecule has 0 radical (unpaired) electrons. The molecule has 4 rings (SSSR count). The van der Waals surface area contributed by atoms with Crippen molar-refractivity contribution in [2.75, 3.05) is 31.5 Å². The number of aliphatic hydroxyl groups excluding tert-OH is 1. The van der Waals surface area contributed by atoms with Gasteiger partial charge in [-0.25, -0.2) is 21.2 Å². The molecule has 1 amide bonds. The lowest BCUT2D eigenvalue weighted by Crippen LogP contribution is -2.48. The van der Waals surface area contributed by atoms with Crippen LogP contribution in [-0.2, 0) is 31.3 Å². The summed E-state index contributed by atoms with van der Waals surface area (Å²) in [6, 6.07) is 14.1. The highest BCUT2D eigenvalue weighted by Crippen LogP contribution is 2.31. The van der Waals surface area contributed by atoms with Crippen molar-refractivity contribution in [2.45, 2.75) is 42.2 Å². The molecule has 0 aromatic heterocycles. The van der Waals surface area contributed by atoms with Crippen LogP contribution in [0.4, 0.5) is 10.1 Å². The molecule has 2 N–H and O–H groups in total. The van der Waals surface area contributed by atoms with Gasteiger partial charge in [-0.15, -0.1) is 0 Å². The van der Waals surface area contributed by atoms with Gasteiger partial charge < -0.3 is 14.7 Å². The number of benzene rings is 3. The minimum atomic E-state index is -4.01. The maximum atomic E-state index is 13.5. The second-order valence-electron chi connectivity index (χ2n) is 10.5. The molecule has 232 valence electrons. The zero-order valence-electron chi connectivity index (χ0n) is 23.8. The van der Waals surface area contributed by atoms with E-state index in [0.29, 0.717) is 10.6 Å². The molecular weight excluding hydrogens is 621 g/mol. The van der Waals surface area contributed by atoms with Gasteiger partial charge in [0, 0.05) is 35.8 Å². The highest BCUT2D eigenvalue weighted by atomic mass is 35.5. The number of nitrogens with zero attached hydrogens (tertiary/aromatic N) is 2. The Bertz CT molecular complexity index is 1670. The van der Waals surface area contributed by atoms with E-state index in [0.717, 1.165) is 16.4 Å². The fourth-order valence-corrected chi connectivity index (χ4v) is 7.04. The predicted octanol–water partition coefficient (Wildman–Crippen LogP) is 3.75. The van der Waals surface area contributed by atoms with Gasteiger partial charge in [0.15, 0.2) is 0 Å². The van der Waals surface area contributed by atoms with Crippen LogP contribution in [0, 0.1) is 11.7 Å². The van der Waals surface area contributed by atoms with Crippen LogP contribution in [-0.4, -0.2) is 75.9 Å². The number of carbonyl (C=O) groups is 1. The SMILES string of the molecule is C[C@@H]1CN([C@@H](C)CO)C(=O)Cc2cc(NS(=O)(=O)c3ccc(Cl)cc3)ccc2O[C@@H]1CN(C)S(=O)(=O)c1ccc(F)cc1. The van der Waals surface area contributed by atoms with E-state index in [1.807, 2.05) is 6.92 Å². The summed E-state index contributed by atoms with van der Waals surface area (Å²) in [7, 11) is -6.60. The van der Waals surface area contributed by atoms with Gasteiger partial charge in [0.1, 0.15) is 17.7 Å². The van der Waals surface area contributed by atoms with Crippen LogP contribution in [0.5, 0.6) is 5.75 Å². The van der Waals surface area contributed by atoms with Gasteiger partial charge in [-0.1, -0.05) is 18.5 Å². The van der Waals surface area contributed by atoms with Gasteiger partial charge in [0.2, 0.25) is 15.9 Å². The van der Waals surface area contributed by atoms with Gasteiger partial charge in [-0.3, -0.25) is 9.52 Å². The molecule has 0 saturated heterocycles. The summed E-state index contributed by atoms with van der Waals surface area (Å²) >= 11 is 5.89. The smallest absolute Gasteiger partial charge is 0.261 e. The first-order chi connectivity index (χ1) is 20.2. The molecule has 1 heterocycles.